The molecular formula is C19H17FN6O. The summed E-state index contributed by atoms with van der Waals surface area (Å²) in [6, 6.07) is 9.72. The van der Waals surface area contributed by atoms with Crippen LogP contribution in [-0.2, 0) is 6.54 Å². The molecule has 136 valence electrons. The van der Waals surface area contributed by atoms with Gasteiger partial charge in [0.1, 0.15) is 5.82 Å². The maximum atomic E-state index is 13.0. The van der Waals surface area contributed by atoms with E-state index in [1.54, 1.807) is 35.4 Å². The second kappa shape index (κ2) is 7.46. The monoisotopic (exact) mass is 364 g/mol. The molecule has 3 heterocycles. The Labute approximate surface area is 154 Å². The lowest BCUT2D eigenvalue weighted by Crippen LogP contribution is -2.18. The Kier molecular flexibility index (Phi) is 4.71. The van der Waals surface area contributed by atoms with Crippen LogP contribution in [0.2, 0.25) is 0 Å². The van der Waals surface area contributed by atoms with Gasteiger partial charge in [0.25, 0.3) is 0 Å². The molecule has 0 radical (unpaired) electrons. The standard InChI is InChI=1S/C19H17FN6O/c1-13(19-24-18(25-27-19)15-6-8-21-9-7-15)22-10-14-11-23-26(12-14)17-4-2-16(20)3-5-17/h2-9,11-13,22H,10H2,1H3. The summed E-state index contributed by atoms with van der Waals surface area (Å²) in [6.45, 7) is 2.53. The van der Waals surface area contributed by atoms with Crippen LogP contribution in [0.25, 0.3) is 17.1 Å². The Morgan fingerprint density at radius 3 is 2.70 bits per heavy atom. The fourth-order valence-electron chi connectivity index (χ4n) is 2.57. The molecule has 4 aromatic rings. The Hall–Kier alpha value is -3.39. The minimum absolute atomic E-state index is 0.123. The van der Waals surface area contributed by atoms with E-state index in [0.29, 0.717) is 18.3 Å². The summed E-state index contributed by atoms with van der Waals surface area (Å²) in [5.74, 6) is 0.769. The highest BCUT2D eigenvalue weighted by atomic mass is 19.1. The summed E-state index contributed by atoms with van der Waals surface area (Å²) in [7, 11) is 0. The lowest BCUT2D eigenvalue weighted by Gasteiger charge is -2.07. The van der Waals surface area contributed by atoms with Crippen molar-refractivity contribution < 1.29 is 8.91 Å². The molecule has 0 saturated carbocycles. The van der Waals surface area contributed by atoms with Crippen molar-refractivity contribution in [3.05, 3.63) is 78.5 Å². The second-order valence-electron chi connectivity index (χ2n) is 6.06. The zero-order valence-electron chi connectivity index (χ0n) is 14.6. The van der Waals surface area contributed by atoms with E-state index >= 15 is 0 Å². The van der Waals surface area contributed by atoms with Crippen LogP contribution in [0.5, 0.6) is 0 Å². The molecule has 8 heteroatoms. The Morgan fingerprint density at radius 2 is 1.93 bits per heavy atom. The first-order valence-electron chi connectivity index (χ1n) is 8.46. The maximum absolute atomic E-state index is 13.0. The highest BCUT2D eigenvalue weighted by Gasteiger charge is 2.15. The molecule has 0 bridgehead atoms. The number of hydrogen-bond donors (Lipinski definition) is 1. The van der Waals surface area contributed by atoms with E-state index < -0.39 is 0 Å². The van der Waals surface area contributed by atoms with Gasteiger partial charge < -0.3 is 9.84 Å². The van der Waals surface area contributed by atoms with Crippen LogP contribution in [0.4, 0.5) is 4.39 Å². The summed E-state index contributed by atoms with van der Waals surface area (Å²) in [5.41, 5.74) is 2.64. The van der Waals surface area contributed by atoms with Crippen LogP contribution >= 0.6 is 0 Å². The van der Waals surface area contributed by atoms with Crippen LogP contribution in [0.3, 0.4) is 0 Å². The van der Waals surface area contributed by atoms with Crippen molar-refractivity contribution in [1.82, 2.24) is 30.2 Å². The normalized spacial score (nSPS) is 12.2. The molecule has 0 spiro atoms. The molecule has 1 N–H and O–H groups in total. The fourth-order valence-corrected chi connectivity index (χ4v) is 2.57. The summed E-state index contributed by atoms with van der Waals surface area (Å²) < 4.78 is 20.1. The zero-order chi connectivity index (χ0) is 18.6. The smallest absolute Gasteiger partial charge is 0.243 e. The first-order valence-corrected chi connectivity index (χ1v) is 8.46. The zero-order valence-corrected chi connectivity index (χ0v) is 14.6. The van der Waals surface area contributed by atoms with Gasteiger partial charge in [0, 0.05) is 36.3 Å². The molecule has 0 saturated heterocycles. The third-order valence-electron chi connectivity index (χ3n) is 4.09. The number of aromatic nitrogens is 5. The third-order valence-corrected chi connectivity index (χ3v) is 4.09. The number of benzene rings is 1. The summed E-state index contributed by atoms with van der Waals surface area (Å²) >= 11 is 0. The van der Waals surface area contributed by atoms with Crippen molar-refractivity contribution in [2.24, 2.45) is 0 Å². The summed E-state index contributed by atoms with van der Waals surface area (Å²) in [5, 5.41) is 11.7. The average Bonchev–Trinajstić information content (AvgIpc) is 3.37. The number of rotatable bonds is 6. The minimum atomic E-state index is -0.271. The van der Waals surface area contributed by atoms with Gasteiger partial charge in [0.05, 0.1) is 17.9 Å². The van der Waals surface area contributed by atoms with Gasteiger partial charge in [-0.15, -0.1) is 0 Å². The molecule has 0 aliphatic heterocycles. The molecule has 1 unspecified atom stereocenters. The minimum Gasteiger partial charge on any atom is -0.337 e. The lowest BCUT2D eigenvalue weighted by molar-refractivity contribution is 0.339. The van der Waals surface area contributed by atoms with Crippen molar-refractivity contribution in [3.63, 3.8) is 0 Å². The average molecular weight is 364 g/mol. The number of halogens is 1. The van der Waals surface area contributed by atoms with Gasteiger partial charge in [0.15, 0.2) is 0 Å². The first kappa shape index (κ1) is 17.0. The van der Waals surface area contributed by atoms with Crippen LogP contribution in [0.15, 0.2) is 65.7 Å². The predicted octanol–water partition coefficient (Wildman–Crippen LogP) is 3.31. The van der Waals surface area contributed by atoms with Gasteiger partial charge in [-0.3, -0.25) is 4.98 Å². The van der Waals surface area contributed by atoms with Crippen molar-refractivity contribution in [1.29, 1.82) is 0 Å². The van der Waals surface area contributed by atoms with Crippen LogP contribution in [0, 0.1) is 5.82 Å². The molecular weight excluding hydrogens is 347 g/mol. The first-order chi connectivity index (χ1) is 13.2. The maximum Gasteiger partial charge on any atom is 0.243 e. The quantitative estimate of drug-likeness (QED) is 0.565. The van der Waals surface area contributed by atoms with Gasteiger partial charge >= 0.3 is 0 Å². The molecule has 0 aliphatic carbocycles. The van der Waals surface area contributed by atoms with Gasteiger partial charge in [-0.1, -0.05) is 5.16 Å². The van der Waals surface area contributed by atoms with Gasteiger partial charge in [0.2, 0.25) is 11.7 Å². The van der Waals surface area contributed by atoms with E-state index in [-0.39, 0.29) is 11.9 Å². The van der Waals surface area contributed by atoms with Crippen LogP contribution < -0.4 is 5.32 Å². The predicted molar refractivity (Wildman–Crippen MR) is 96.3 cm³/mol. The van der Waals surface area contributed by atoms with Crippen molar-refractivity contribution in [3.8, 4) is 17.1 Å². The van der Waals surface area contributed by atoms with E-state index in [1.807, 2.05) is 25.3 Å². The largest absolute Gasteiger partial charge is 0.337 e. The number of hydrogen-bond acceptors (Lipinski definition) is 6. The van der Waals surface area contributed by atoms with Gasteiger partial charge in [-0.25, -0.2) is 9.07 Å². The van der Waals surface area contributed by atoms with Crippen molar-refractivity contribution >= 4 is 0 Å². The fraction of sp³-hybridized carbons (Fsp3) is 0.158. The molecule has 4 rings (SSSR count). The van der Waals surface area contributed by atoms with Crippen LogP contribution in [0.1, 0.15) is 24.4 Å². The topological polar surface area (TPSA) is 81.7 Å². The van der Waals surface area contributed by atoms with E-state index in [0.717, 1.165) is 16.8 Å². The molecule has 1 atom stereocenters. The number of nitrogens with one attached hydrogen (secondary N) is 1. The molecule has 0 amide bonds. The van der Waals surface area contributed by atoms with E-state index in [2.05, 4.69) is 25.5 Å². The highest BCUT2D eigenvalue weighted by molar-refractivity contribution is 5.52. The Balaban J connectivity index is 1.39. The third kappa shape index (κ3) is 3.90. The Bertz CT molecular complexity index is 1010. The van der Waals surface area contributed by atoms with Gasteiger partial charge in [-0.2, -0.15) is 10.1 Å². The SMILES string of the molecule is CC(NCc1cnn(-c2ccc(F)cc2)c1)c1nc(-c2ccncc2)no1. The molecule has 1 aromatic carbocycles. The number of nitrogens with zero attached hydrogens (tertiary/aromatic N) is 5. The highest BCUT2D eigenvalue weighted by Crippen LogP contribution is 2.18. The second-order valence-corrected chi connectivity index (χ2v) is 6.06. The van der Waals surface area contributed by atoms with Crippen molar-refractivity contribution in [2.75, 3.05) is 0 Å². The molecule has 0 aliphatic rings. The Morgan fingerprint density at radius 1 is 1.15 bits per heavy atom. The van der Waals surface area contributed by atoms with Gasteiger partial charge in [-0.05, 0) is 43.3 Å². The molecule has 7 nitrogen and oxygen atoms in total. The van der Waals surface area contributed by atoms with Crippen molar-refractivity contribution in [2.45, 2.75) is 19.5 Å². The lowest BCUT2D eigenvalue weighted by atomic mass is 10.2. The summed E-state index contributed by atoms with van der Waals surface area (Å²) in [6.07, 6.45) is 7.03. The van der Waals surface area contributed by atoms with E-state index in [9.17, 15) is 4.39 Å². The molecule has 3 aromatic heterocycles. The van der Waals surface area contributed by atoms with Crippen LogP contribution in [-0.4, -0.2) is 24.9 Å². The molecule has 27 heavy (non-hydrogen) atoms. The summed E-state index contributed by atoms with van der Waals surface area (Å²) in [4.78, 5) is 8.41. The molecule has 0 fully saturated rings. The number of pyridine rings is 1. The van der Waals surface area contributed by atoms with E-state index in [1.165, 1.54) is 12.1 Å². The van der Waals surface area contributed by atoms with E-state index in [4.69, 9.17) is 4.52 Å².